The van der Waals surface area contributed by atoms with E-state index < -0.39 is 18.0 Å². The van der Waals surface area contributed by atoms with Crippen molar-refractivity contribution in [3.63, 3.8) is 0 Å². The molecule has 6 nitrogen and oxygen atoms in total. The molecule has 1 aromatic heterocycles. The third-order valence-corrected chi connectivity index (χ3v) is 3.19. The van der Waals surface area contributed by atoms with E-state index in [1.54, 1.807) is 31.2 Å². The highest BCUT2D eigenvalue weighted by molar-refractivity contribution is 6.30. The van der Waals surface area contributed by atoms with Gasteiger partial charge in [-0.2, -0.15) is 5.26 Å². The maximum absolute atomic E-state index is 12.1. The van der Waals surface area contributed by atoms with Crippen molar-refractivity contribution in [2.75, 3.05) is 13.7 Å². The van der Waals surface area contributed by atoms with E-state index in [1.807, 2.05) is 6.07 Å². The molecule has 1 heterocycles. The number of benzene rings is 1. The predicted molar refractivity (Wildman–Crippen MR) is 80.3 cm³/mol. The molecule has 0 N–H and O–H groups in total. The Morgan fingerprint density at radius 2 is 2.00 bits per heavy atom. The lowest BCUT2D eigenvalue weighted by atomic mass is 10.1. The zero-order chi connectivity index (χ0) is 16.1. The van der Waals surface area contributed by atoms with Crippen LogP contribution in [-0.4, -0.2) is 35.8 Å². The summed E-state index contributed by atoms with van der Waals surface area (Å²) < 4.78 is 10.0. The number of rotatable bonds is 5. The maximum atomic E-state index is 12.1. The summed E-state index contributed by atoms with van der Waals surface area (Å²) in [6.45, 7) is 1.91. The molecule has 114 valence electrons. The number of nitriles is 1. The van der Waals surface area contributed by atoms with Crippen molar-refractivity contribution in [3.8, 4) is 6.07 Å². The molecule has 2 rings (SSSR count). The third kappa shape index (κ3) is 3.50. The van der Waals surface area contributed by atoms with Gasteiger partial charge in [0.25, 0.3) is 0 Å². The average molecular weight is 320 g/mol. The number of para-hydroxylation sites is 2. The smallest absolute Gasteiger partial charge is 0.330 e. The molecule has 2 aromatic rings. The van der Waals surface area contributed by atoms with Gasteiger partial charge in [-0.15, -0.1) is 0 Å². The van der Waals surface area contributed by atoms with Crippen LogP contribution in [0.4, 0.5) is 0 Å². The molecule has 22 heavy (non-hydrogen) atoms. The number of nitrogens with zero attached hydrogens (tertiary/aromatic N) is 3. The van der Waals surface area contributed by atoms with E-state index in [1.165, 1.54) is 7.11 Å². The van der Waals surface area contributed by atoms with E-state index in [9.17, 15) is 10.1 Å². The topological polar surface area (TPSA) is 85.1 Å². The Labute approximate surface area is 132 Å². The second kappa shape index (κ2) is 7.16. The molecular formula is C15H14ClN3O3. The van der Waals surface area contributed by atoms with Gasteiger partial charge in [0.2, 0.25) is 0 Å². The first kappa shape index (κ1) is 16.1. The standard InChI is InChI=1S/C15H14ClN3O3/c1-9(8-21-2)22-15(20)10(7-17)13-14(16)19-12-6-4-3-5-11(12)18-13/h3-6,9-10H,8H2,1-2H3/t9-,10-/m1/s1. The lowest BCUT2D eigenvalue weighted by Gasteiger charge is -2.15. The van der Waals surface area contributed by atoms with E-state index >= 15 is 0 Å². The molecule has 0 aliphatic heterocycles. The van der Waals surface area contributed by atoms with Gasteiger partial charge in [0.15, 0.2) is 11.1 Å². The van der Waals surface area contributed by atoms with E-state index in [2.05, 4.69) is 9.97 Å². The molecule has 2 atom stereocenters. The van der Waals surface area contributed by atoms with Gasteiger partial charge in [-0.05, 0) is 19.1 Å². The lowest BCUT2D eigenvalue weighted by Crippen LogP contribution is -2.24. The molecule has 0 saturated heterocycles. The molecule has 0 spiro atoms. The summed E-state index contributed by atoms with van der Waals surface area (Å²) >= 11 is 6.06. The van der Waals surface area contributed by atoms with Crippen LogP contribution in [0.3, 0.4) is 0 Å². The van der Waals surface area contributed by atoms with Crippen LogP contribution in [0.1, 0.15) is 18.5 Å². The second-order valence-electron chi connectivity index (χ2n) is 4.65. The van der Waals surface area contributed by atoms with E-state index in [-0.39, 0.29) is 17.5 Å². The molecule has 0 bridgehead atoms. The summed E-state index contributed by atoms with van der Waals surface area (Å²) in [5, 5.41) is 9.30. The molecule has 0 aliphatic carbocycles. The molecule has 0 radical (unpaired) electrons. The quantitative estimate of drug-likeness (QED) is 0.787. The Balaban J connectivity index is 2.33. The third-order valence-electron chi connectivity index (χ3n) is 2.91. The molecule has 7 heteroatoms. The van der Waals surface area contributed by atoms with Crippen LogP contribution in [0.25, 0.3) is 11.0 Å². The number of hydrogen-bond donors (Lipinski definition) is 0. The number of methoxy groups -OCH3 is 1. The molecule has 0 aliphatic rings. The van der Waals surface area contributed by atoms with Crippen molar-refractivity contribution in [1.82, 2.24) is 9.97 Å². The van der Waals surface area contributed by atoms with Crippen LogP contribution in [0.15, 0.2) is 24.3 Å². The van der Waals surface area contributed by atoms with Crippen molar-refractivity contribution in [3.05, 3.63) is 35.1 Å². The summed E-state index contributed by atoms with van der Waals surface area (Å²) in [5.41, 5.74) is 1.24. The number of hydrogen-bond acceptors (Lipinski definition) is 6. The Morgan fingerprint density at radius 3 is 2.59 bits per heavy atom. The first-order valence-corrected chi connectivity index (χ1v) is 6.95. The number of esters is 1. The Bertz CT molecular complexity index is 730. The first-order chi connectivity index (χ1) is 10.6. The van der Waals surface area contributed by atoms with Crippen LogP contribution in [0.5, 0.6) is 0 Å². The fraction of sp³-hybridized carbons (Fsp3) is 0.333. The minimum absolute atomic E-state index is 0.0154. The number of fused-ring (bicyclic) bond motifs is 1. The summed E-state index contributed by atoms with van der Waals surface area (Å²) in [6, 6.07) is 8.94. The lowest BCUT2D eigenvalue weighted by molar-refractivity contribution is -0.150. The first-order valence-electron chi connectivity index (χ1n) is 6.58. The molecule has 0 saturated carbocycles. The predicted octanol–water partition coefficient (Wildman–Crippen LogP) is 2.47. The number of ether oxygens (including phenoxy) is 2. The van der Waals surface area contributed by atoms with Gasteiger partial charge in [0, 0.05) is 7.11 Å². The van der Waals surface area contributed by atoms with Crippen LogP contribution in [0, 0.1) is 11.3 Å². The zero-order valence-electron chi connectivity index (χ0n) is 12.1. The van der Waals surface area contributed by atoms with Gasteiger partial charge in [-0.25, -0.2) is 9.97 Å². The number of halogens is 1. The van der Waals surface area contributed by atoms with Crippen molar-refractivity contribution < 1.29 is 14.3 Å². The van der Waals surface area contributed by atoms with Gasteiger partial charge in [0.1, 0.15) is 11.8 Å². The Morgan fingerprint density at radius 1 is 1.36 bits per heavy atom. The van der Waals surface area contributed by atoms with Crippen molar-refractivity contribution in [2.45, 2.75) is 18.9 Å². The molecule has 1 aromatic carbocycles. The number of carbonyl (C=O) groups excluding carboxylic acids is 1. The highest BCUT2D eigenvalue weighted by Gasteiger charge is 2.28. The normalized spacial score (nSPS) is 13.4. The molecule has 0 unspecified atom stereocenters. The summed E-state index contributed by atoms with van der Waals surface area (Å²) in [5.74, 6) is -1.96. The van der Waals surface area contributed by atoms with Crippen molar-refractivity contribution in [1.29, 1.82) is 5.26 Å². The second-order valence-corrected chi connectivity index (χ2v) is 5.01. The zero-order valence-corrected chi connectivity index (χ0v) is 12.9. The van der Waals surface area contributed by atoms with Crippen LogP contribution in [0.2, 0.25) is 5.15 Å². The minimum Gasteiger partial charge on any atom is -0.459 e. The van der Waals surface area contributed by atoms with E-state index in [0.29, 0.717) is 11.0 Å². The largest absolute Gasteiger partial charge is 0.459 e. The number of carbonyl (C=O) groups is 1. The van der Waals surface area contributed by atoms with Crippen molar-refractivity contribution in [2.24, 2.45) is 0 Å². The van der Waals surface area contributed by atoms with Crippen molar-refractivity contribution >= 4 is 28.6 Å². The van der Waals surface area contributed by atoms with Gasteiger partial charge >= 0.3 is 5.97 Å². The van der Waals surface area contributed by atoms with Crippen LogP contribution >= 0.6 is 11.6 Å². The summed E-state index contributed by atoms with van der Waals surface area (Å²) in [4.78, 5) is 20.6. The molecular weight excluding hydrogens is 306 g/mol. The Kier molecular flexibility index (Phi) is 5.26. The minimum atomic E-state index is -1.23. The number of aromatic nitrogens is 2. The van der Waals surface area contributed by atoms with Gasteiger partial charge in [-0.1, -0.05) is 23.7 Å². The van der Waals surface area contributed by atoms with Gasteiger partial charge in [-0.3, -0.25) is 4.79 Å². The summed E-state index contributed by atoms with van der Waals surface area (Å²) in [7, 11) is 1.50. The van der Waals surface area contributed by atoms with E-state index in [0.717, 1.165) is 0 Å². The fourth-order valence-corrected chi connectivity index (χ4v) is 2.18. The monoisotopic (exact) mass is 319 g/mol. The Hall–Kier alpha value is -2.23. The van der Waals surface area contributed by atoms with Gasteiger partial charge < -0.3 is 9.47 Å². The van der Waals surface area contributed by atoms with Crippen LogP contribution in [-0.2, 0) is 14.3 Å². The van der Waals surface area contributed by atoms with E-state index in [4.69, 9.17) is 21.1 Å². The molecule has 0 amide bonds. The van der Waals surface area contributed by atoms with Gasteiger partial charge in [0.05, 0.1) is 23.7 Å². The summed E-state index contributed by atoms with van der Waals surface area (Å²) in [6.07, 6.45) is -0.472. The van der Waals surface area contributed by atoms with Crippen LogP contribution < -0.4 is 0 Å². The maximum Gasteiger partial charge on any atom is 0.330 e. The highest BCUT2D eigenvalue weighted by atomic mass is 35.5. The molecule has 0 fully saturated rings. The fourth-order valence-electron chi connectivity index (χ4n) is 1.94. The highest BCUT2D eigenvalue weighted by Crippen LogP contribution is 2.25. The SMILES string of the molecule is COC[C@@H](C)OC(=O)[C@H](C#N)c1nc2ccccc2nc1Cl. The average Bonchev–Trinajstić information content (AvgIpc) is 2.48.